The summed E-state index contributed by atoms with van der Waals surface area (Å²) in [5.41, 5.74) is 5.04. The highest BCUT2D eigenvalue weighted by Crippen LogP contribution is 2.43. The highest BCUT2D eigenvalue weighted by atomic mass is 16.5. The van der Waals surface area contributed by atoms with Gasteiger partial charge >= 0.3 is 11.9 Å². The second-order valence-electron chi connectivity index (χ2n) is 4.87. The van der Waals surface area contributed by atoms with Gasteiger partial charge in [-0.1, -0.05) is 6.42 Å². The van der Waals surface area contributed by atoms with Crippen LogP contribution in [0, 0.1) is 5.41 Å². The molecule has 0 heterocycles. The van der Waals surface area contributed by atoms with Crippen LogP contribution in [0.3, 0.4) is 0 Å². The maximum absolute atomic E-state index is 11.6. The van der Waals surface area contributed by atoms with E-state index in [9.17, 15) is 14.4 Å². The van der Waals surface area contributed by atoms with Crippen molar-refractivity contribution in [1.82, 2.24) is 5.32 Å². The normalized spacial score (nSPS) is 18.0. The molecule has 1 aliphatic rings. The first-order valence-corrected chi connectivity index (χ1v) is 6.32. The van der Waals surface area contributed by atoms with Gasteiger partial charge in [-0.3, -0.25) is 9.59 Å². The molecule has 0 aromatic rings. The van der Waals surface area contributed by atoms with Gasteiger partial charge in [0, 0.05) is 6.54 Å². The van der Waals surface area contributed by atoms with Gasteiger partial charge < -0.3 is 20.9 Å². The number of amides is 1. The summed E-state index contributed by atoms with van der Waals surface area (Å²) in [5.74, 6) is -2.29. The Morgan fingerprint density at radius 1 is 1.42 bits per heavy atom. The fourth-order valence-electron chi connectivity index (χ4n) is 2.14. The molecule has 0 aromatic heterocycles. The van der Waals surface area contributed by atoms with Crippen LogP contribution in [0.15, 0.2) is 0 Å². The van der Waals surface area contributed by atoms with Gasteiger partial charge in [0.2, 0.25) is 5.91 Å². The molecule has 1 amide bonds. The van der Waals surface area contributed by atoms with E-state index in [1.165, 1.54) is 0 Å². The fourth-order valence-corrected chi connectivity index (χ4v) is 2.14. The van der Waals surface area contributed by atoms with Crippen LogP contribution in [0.1, 0.15) is 32.6 Å². The lowest BCUT2D eigenvalue weighted by Gasteiger charge is -2.40. The third-order valence-electron chi connectivity index (χ3n) is 3.40. The summed E-state index contributed by atoms with van der Waals surface area (Å²) in [6, 6.07) is -1.36. The third-order valence-corrected chi connectivity index (χ3v) is 3.40. The number of rotatable bonds is 7. The molecule has 1 fully saturated rings. The van der Waals surface area contributed by atoms with Crippen molar-refractivity contribution in [3.63, 3.8) is 0 Å². The van der Waals surface area contributed by atoms with Crippen molar-refractivity contribution in [2.45, 2.75) is 38.6 Å². The van der Waals surface area contributed by atoms with Crippen molar-refractivity contribution in [1.29, 1.82) is 0 Å². The van der Waals surface area contributed by atoms with Crippen molar-refractivity contribution in [3.05, 3.63) is 0 Å². The van der Waals surface area contributed by atoms with Gasteiger partial charge in [-0.15, -0.1) is 0 Å². The van der Waals surface area contributed by atoms with E-state index in [-0.39, 0.29) is 19.6 Å². The molecular weight excluding hydrogens is 252 g/mol. The van der Waals surface area contributed by atoms with Gasteiger partial charge in [-0.2, -0.15) is 0 Å². The van der Waals surface area contributed by atoms with E-state index in [1.807, 2.05) is 0 Å². The van der Waals surface area contributed by atoms with Gasteiger partial charge in [0.05, 0.1) is 13.0 Å². The summed E-state index contributed by atoms with van der Waals surface area (Å²) in [5, 5.41) is 11.4. The van der Waals surface area contributed by atoms with Crippen LogP contribution in [-0.4, -0.2) is 42.1 Å². The van der Waals surface area contributed by atoms with Crippen molar-refractivity contribution in [2.75, 3.05) is 13.2 Å². The van der Waals surface area contributed by atoms with Crippen LogP contribution in [0.2, 0.25) is 0 Å². The molecule has 0 spiro atoms. The van der Waals surface area contributed by atoms with Crippen molar-refractivity contribution in [2.24, 2.45) is 11.1 Å². The fraction of sp³-hybridized carbons (Fsp3) is 0.750. The Balaban J connectivity index is 2.44. The Hall–Kier alpha value is -1.63. The maximum Gasteiger partial charge on any atom is 0.332 e. The lowest BCUT2D eigenvalue weighted by Crippen LogP contribution is -2.51. The first kappa shape index (κ1) is 15.4. The van der Waals surface area contributed by atoms with E-state index < -0.39 is 29.3 Å². The number of nitrogens with one attached hydrogen (secondary N) is 1. The molecule has 1 atom stereocenters. The Bertz CT molecular complexity index is 365. The molecule has 1 unspecified atom stereocenters. The zero-order valence-corrected chi connectivity index (χ0v) is 11.0. The number of carboxylic acid groups (broad SMARTS) is 1. The monoisotopic (exact) mass is 272 g/mol. The highest BCUT2D eigenvalue weighted by molar-refractivity contribution is 6.01. The van der Waals surface area contributed by atoms with Crippen molar-refractivity contribution < 1.29 is 24.2 Å². The molecule has 7 nitrogen and oxygen atoms in total. The number of ether oxygens (including phenoxy) is 1. The van der Waals surface area contributed by atoms with E-state index in [1.54, 1.807) is 6.92 Å². The maximum atomic E-state index is 11.6. The highest BCUT2D eigenvalue weighted by Gasteiger charge is 2.39. The minimum absolute atomic E-state index is 0.0158. The molecule has 0 aromatic carbocycles. The summed E-state index contributed by atoms with van der Waals surface area (Å²) < 4.78 is 4.64. The summed E-state index contributed by atoms with van der Waals surface area (Å²) in [7, 11) is 0. The topological polar surface area (TPSA) is 119 Å². The number of hydrogen-bond acceptors (Lipinski definition) is 5. The van der Waals surface area contributed by atoms with Gasteiger partial charge in [-0.25, -0.2) is 4.79 Å². The zero-order valence-electron chi connectivity index (χ0n) is 11.0. The second kappa shape index (κ2) is 6.51. The zero-order chi connectivity index (χ0) is 14.5. The molecule has 19 heavy (non-hydrogen) atoms. The number of aliphatic carboxylic acids is 1. The lowest BCUT2D eigenvalue weighted by atomic mass is 9.66. The Morgan fingerprint density at radius 3 is 2.47 bits per heavy atom. The van der Waals surface area contributed by atoms with Crippen LogP contribution in [-0.2, 0) is 19.1 Å². The van der Waals surface area contributed by atoms with Crippen LogP contribution in [0.5, 0.6) is 0 Å². The van der Waals surface area contributed by atoms with Gasteiger partial charge in [-0.05, 0) is 25.2 Å². The largest absolute Gasteiger partial charge is 0.481 e. The van der Waals surface area contributed by atoms with Crippen molar-refractivity contribution >= 4 is 17.8 Å². The molecule has 0 bridgehead atoms. The van der Waals surface area contributed by atoms with E-state index in [2.05, 4.69) is 10.1 Å². The minimum atomic E-state index is -1.36. The predicted molar refractivity (Wildman–Crippen MR) is 66.2 cm³/mol. The molecular formula is C12H20N2O5. The first-order valence-electron chi connectivity index (χ1n) is 6.32. The smallest absolute Gasteiger partial charge is 0.332 e. The summed E-state index contributed by atoms with van der Waals surface area (Å²) in [6.45, 7) is 2.01. The molecule has 1 saturated carbocycles. The molecule has 108 valence electrons. The molecule has 0 radical (unpaired) electrons. The number of carboxylic acids is 1. The van der Waals surface area contributed by atoms with Crippen LogP contribution in [0.4, 0.5) is 0 Å². The number of hydrogen-bond donors (Lipinski definition) is 3. The van der Waals surface area contributed by atoms with E-state index in [0.717, 1.165) is 19.3 Å². The van der Waals surface area contributed by atoms with Gasteiger partial charge in [0.1, 0.15) is 0 Å². The van der Waals surface area contributed by atoms with Gasteiger partial charge in [0.15, 0.2) is 6.04 Å². The predicted octanol–water partition coefficient (Wildman–Crippen LogP) is -0.362. The summed E-state index contributed by atoms with van der Waals surface area (Å²) in [6.07, 6.45) is 2.48. The van der Waals surface area contributed by atoms with E-state index >= 15 is 0 Å². The van der Waals surface area contributed by atoms with E-state index in [0.29, 0.717) is 0 Å². The standard InChI is InChI=1S/C12H20N2O5/c1-2-19-11(18)9(13)10(17)14-7-12(4-3-5-12)6-8(15)16/h9H,2-7,13H2,1H3,(H,14,17)(H,15,16). The Kier molecular flexibility index (Phi) is 5.29. The van der Waals surface area contributed by atoms with Crippen LogP contribution >= 0.6 is 0 Å². The summed E-state index contributed by atoms with van der Waals surface area (Å²) >= 11 is 0. The minimum Gasteiger partial charge on any atom is -0.481 e. The average molecular weight is 272 g/mol. The number of esters is 1. The van der Waals surface area contributed by atoms with Gasteiger partial charge in [0.25, 0.3) is 0 Å². The van der Waals surface area contributed by atoms with Crippen LogP contribution in [0.25, 0.3) is 0 Å². The molecule has 0 aliphatic heterocycles. The Morgan fingerprint density at radius 2 is 2.05 bits per heavy atom. The molecule has 1 aliphatic carbocycles. The third kappa shape index (κ3) is 4.20. The molecule has 1 rings (SSSR count). The molecule has 7 heteroatoms. The molecule has 0 saturated heterocycles. The first-order chi connectivity index (χ1) is 8.90. The number of carbonyl (C=O) groups excluding carboxylic acids is 2. The second-order valence-corrected chi connectivity index (χ2v) is 4.87. The van der Waals surface area contributed by atoms with Crippen molar-refractivity contribution in [3.8, 4) is 0 Å². The summed E-state index contributed by atoms with van der Waals surface area (Å²) in [4.78, 5) is 33.7. The SMILES string of the molecule is CCOC(=O)C(N)C(=O)NCC1(CC(=O)O)CCC1. The average Bonchev–Trinajstić information content (AvgIpc) is 2.30. The number of carbonyl (C=O) groups is 3. The Labute approximate surface area is 111 Å². The van der Waals surface area contributed by atoms with Crippen LogP contribution < -0.4 is 11.1 Å². The quantitative estimate of drug-likeness (QED) is 0.430. The number of nitrogens with two attached hydrogens (primary N) is 1. The lowest BCUT2D eigenvalue weighted by molar-refractivity contribution is -0.149. The van der Waals surface area contributed by atoms with E-state index in [4.69, 9.17) is 10.8 Å². The molecule has 4 N–H and O–H groups in total.